The smallest absolute Gasteiger partial charge is 0.437 e. The third-order valence-electron chi connectivity index (χ3n) is 3.74. The highest BCUT2D eigenvalue weighted by Crippen LogP contribution is 2.23. The number of carbonyl (C=O) groups is 3. The van der Waals surface area contributed by atoms with E-state index in [-0.39, 0.29) is 5.04 Å². The Morgan fingerprint density at radius 1 is 1.10 bits per heavy atom. The first-order valence-electron chi connectivity index (χ1n) is 8.19. The molecule has 13 nitrogen and oxygen atoms in total. The van der Waals surface area contributed by atoms with Crippen LogP contribution in [0.1, 0.15) is 0 Å². The molecule has 0 spiro atoms. The molecule has 0 aromatic carbocycles. The molecule has 1 saturated heterocycles. The Kier molecular flexibility index (Phi) is 9.75. The zero-order valence-corrected chi connectivity index (χ0v) is 17.4. The van der Waals surface area contributed by atoms with Crippen LogP contribution in [0.2, 0.25) is 0 Å². The van der Waals surface area contributed by atoms with Gasteiger partial charge in [-0.1, -0.05) is 5.16 Å². The molecule has 0 bridgehead atoms. The number of nitrogens with zero attached hydrogens (tertiary/aromatic N) is 3. The maximum atomic E-state index is 12.0. The van der Waals surface area contributed by atoms with Crippen molar-refractivity contribution in [3.63, 3.8) is 0 Å². The van der Waals surface area contributed by atoms with Gasteiger partial charge >= 0.3 is 12.1 Å². The second-order valence-electron chi connectivity index (χ2n) is 6.07. The normalized spacial score (nSPS) is 27.2. The summed E-state index contributed by atoms with van der Waals surface area (Å²) in [6, 6.07) is 0. The van der Waals surface area contributed by atoms with Gasteiger partial charge in [-0.25, -0.2) is 9.59 Å². The van der Waals surface area contributed by atoms with Crippen molar-refractivity contribution >= 4 is 34.8 Å². The van der Waals surface area contributed by atoms with Gasteiger partial charge in [0.1, 0.15) is 25.0 Å². The SMILES string of the molecule is COC(=O)[C@H]1O[C@@H](OCN(C)C(=O)O/N=C(\SC)C(=O)N(C)C)[C@H](O)[C@@H](O)[C@@H]1O. The lowest BCUT2D eigenvalue weighted by Gasteiger charge is -2.39. The quantitative estimate of drug-likeness (QED) is 0.106. The number of methoxy groups -OCH3 is 1. The molecule has 0 unspecified atom stereocenters. The summed E-state index contributed by atoms with van der Waals surface area (Å²) in [5.41, 5.74) is 0. The maximum absolute atomic E-state index is 12.0. The van der Waals surface area contributed by atoms with Crippen LogP contribution in [-0.2, 0) is 28.6 Å². The fraction of sp³-hybridized carbons (Fsp3) is 0.733. The Hall–Kier alpha value is -1.97. The molecule has 2 amide bonds. The zero-order chi connectivity index (χ0) is 22.3. The van der Waals surface area contributed by atoms with Crippen molar-refractivity contribution in [1.82, 2.24) is 9.80 Å². The summed E-state index contributed by atoms with van der Waals surface area (Å²) in [6.45, 7) is -0.497. The van der Waals surface area contributed by atoms with Gasteiger partial charge in [0, 0.05) is 21.1 Å². The molecular formula is C15H25N3O10S. The number of carbonyl (C=O) groups excluding carboxylic acids is 3. The van der Waals surface area contributed by atoms with E-state index in [9.17, 15) is 29.7 Å². The van der Waals surface area contributed by atoms with E-state index >= 15 is 0 Å². The van der Waals surface area contributed by atoms with Crippen molar-refractivity contribution in [3.8, 4) is 0 Å². The predicted molar refractivity (Wildman–Crippen MR) is 98.5 cm³/mol. The summed E-state index contributed by atoms with van der Waals surface area (Å²) in [7, 11) is 5.35. The molecule has 29 heavy (non-hydrogen) atoms. The number of aliphatic hydroxyl groups excluding tert-OH is 3. The molecule has 1 aliphatic rings. The first-order chi connectivity index (χ1) is 13.5. The minimum absolute atomic E-state index is 0.0539. The molecule has 1 aliphatic heterocycles. The van der Waals surface area contributed by atoms with Gasteiger partial charge in [-0.2, -0.15) is 0 Å². The summed E-state index contributed by atoms with van der Waals surface area (Å²) < 4.78 is 14.8. The molecule has 0 aliphatic carbocycles. The van der Waals surface area contributed by atoms with Crippen LogP contribution in [0.15, 0.2) is 5.16 Å². The van der Waals surface area contributed by atoms with Crippen LogP contribution in [0, 0.1) is 0 Å². The fourth-order valence-electron chi connectivity index (χ4n) is 2.04. The standard InChI is InChI=1S/C15H25N3O10S/c1-17(2)12(22)11(29-5)16-28-15(24)18(3)6-26-14-9(21)7(19)8(20)10(27-14)13(23)25-4/h7-10,14,19-21H,6H2,1-5H3/b16-11-/t7-,8-,9+,10-,14+/m0/s1. The summed E-state index contributed by atoms with van der Waals surface area (Å²) in [6.07, 6.45) is -7.72. The summed E-state index contributed by atoms with van der Waals surface area (Å²) in [5, 5.41) is 33.0. The highest BCUT2D eigenvalue weighted by atomic mass is 32.2. The van der Waals surface area contributed by atoms with Crippen LogP contribution in [0.3, 0.4) is 0 Å². The minimum atomic E-state index is -1.75. The van der Waals surface area contributed by atoms with E-state index in [1.807, 2.05) is 0 Å². The van der Waals surface area contributed by atoms with E-state index < -0.39 is 55.4 Å². The van der Waals surface area contributed by atoms with Gasteiger partial charge in [-0.15, -0.1) is 11.8 Å². The average molecular weight is 439 g/mol. The van der Waals surface area contributed by atoms with Crippen molar-refractivity contribution in [2.24, 2.45) is 5.16 Å². The van der Waals surface area contributed by atoms with Gasteiger partial charge in [0.15, 0.2) is 12.4 Å². The third kappa shape index (κ3) is 6.52. The van der Waals surface area contributed by atoms with Crippen molar-refractivity contribution in [2.45, 2.75) is 30.7 Å². The largest absolute Gasteiger partial charge is 0.467 e. The molecular weight excluding hydrogens is 414 g/mol. The second-order valence-corrected chi connectivity index (χ2v) is 6.87. The molecule has 0 radical (unpaired) electrons. The van der Waals surface area contributed by atoms with Gasteiger partial charge < -0.3 is 34.4 Å². The van der Waals surface area contributed by atoms with E-state index in [4.69, 9.17) is 9.47 Å². The van der Waals surface area contributed by atoms with E-state index in [1.54, 1.807) is 6.26 Å². The highest BCUT2D eigenvalue weighted by Gasteiger charge is 2.48. The summed E-state index contributed by atoms with van der Waals surface area (Å²) >= 11 is 0.985. The number of thioether (sulfide) groups is 1. The Bertz CT molecular complexity index is 631. The maximum Gasteiger partial charge on any atom is 0.437 e. The van der Waals surface area contributed by atoms with Crippen LogP contribution < -0.4 is 0 Å². The number of hydrogen-bond donors (Lipinski definition) is 3. The minimum Gasteiger partial charge on any atom is -0.467 e. The molecule has 0 aromatic rings. The molecule has 5 atom stereocenters. The van der Waals surface area contributed by atoms with E-state index in [1.165, 1.54) is 26.0 Å². The Labute approximate surface area is 171 Å². The van der Waals surface area contributed by atoms with Gasteiger partial charge in [0.25, 0.3) is 5.91 Å². The Morgan fingerprint density at radius 2 is 1.72 bits per heavy atom. The lowest BCUT2D eigenvalue weighted by molar-refractivity contribution is -0.299. The third-order valence-corrected chi connectivity index (χ3v) is 4.37. The van der Waals surface area contributed by atoms with E-state index in [0.29, 0.717) is 0 Å². The topological polar surface area (TPSA) is 168 Å². The summed E-state index contributed by atoms with van der Waals surface area (Å²) in [5.74, 6) is -1.43. The van der Waals surface area contributed by atoms with Crippen molar-refractivity contribution in [3.05, 3.63) is 0 Å². The molecule has 14 heteroatoms. The fourth-order valence-corrected chi connectivity index (χ4v) is 2.51. The predicted octanol–water partition coefficient (Wildman–Crippen LogP) is -2.23. The van der Waals surface area contributed by atoms with Gasteiger partial charge in [0.2, 0.25) is 5.04 Å². The second kappa shape index (κ2) is 11.3. The Morgan fingerprint density at radius 3 is 2.24 bits per heavy atom. The lowest BCUT2D eigenvalue weighted by Crippen LogP contribution is -2.60. The number of rotatable bonds is 5. The van der Waals surface area contributed by atoms with Gasteiger partial charge in [0.05, 0.1) is 7.11 Å². The van der Waals surface area contributed by atoms with Crippen LogP contribution in [-0.4, -0.2) is 120 Å². The van der Waals surface area contributed by atoms with E-state index in [2.05, 4.69) is 14.7 Å². The van der Waals surface area contributed by atoms with Crippen LogP contribution >= 0.6 is 11.8 Å². The molecule has 166 valence electrons. The molecule has 0 aromatic heterocycles. The van der Waals surface area contributed by atoms with Gasteiger partial charge in [-0.05, 0) is 6.26 Å². The van der Waals surface area contributed by atoms with Crippen molar-refractivity contribution in [2.75, 3.05) is 41.2 Å². The number of ether oxygens (including phenoxy) is 3. The molecule has 1 heterocycles. The zero-order valence-electron chi connectivity index (χ0n) is 16.5. The average Bonchev–Trinajstić information content (AvgIpc) is 2.70. The lowest BCUT2D eigenvalue weighted by atomic mass is 9.99. The number of oxime groups is 1. The van der Waals surface area contributed by atoms with Crippen LogP contribution in [0.4, 0.5) is 4.79 Å². The monoisotopic (exact) mass is 439 g/mol. The molecule has 3 N–H and O–H groups in total. The highest BCUT2D eigenvalue weighted by molar-refractivity contribution is 8.15. The van der Waals surface area contributed by atoms with Crippen molar-refractivity contribution < 1.29 is 48.8 Å². The van der Waals surface area contributed by atoms with Gasteiger partial charge in [-0.3, -0.25) is 14.5 Å². The van der Waals surface area contributed by atoms with Crippen molar-refractivity contribution in [1.29, 1.82) is 0 Å². The first-order valence-corrected chi connectivity index (χ1v) is 9.42. The number of amides is 2. The number of esters is 1. The summed E-state index contributed by atoms with van der Waals surface area (Å²) in [4.78, 5) is 42.2. The van der Waals surface area contributed by atoms with Crippen LogP contribution in [0.5, 0.6) is 0 Å². The molecule has 1 fully saturated rings. The Balaban J connectivity index is 2.67. The number of hydrogen-bond acceptors (Lipinski definition) is 12. The van der Waals surface area contributed by atoms with E-state index in [0.717, 1.165) is 23.8 Å². The molecule has 1 rings (SSSR count). The first kappa shape index (κ1) is 25.1. The number of aliphatic hydroxyl groups is 3. The molecule has 0 saturated carbocycles. The van der Waals surface area contributed by atoms with Crippen LogP contribution in [0.25, 0.3) is 0 Å².